The Hall–Kier alpha value is -2.42. The van der Waals surface area contributed by atoms with Gasteiger partial charge in [-0.05, 0) is 62.1 Å². The highest BCUT2D eigenvalue weighted by Gasteiger charge is 2.39. The number of sulfonamides is 1. The van der Waals surface area contributed by atoms with E-state index in [2.05, 4.69) is 5.32 Å². The van der Waals surface area contributed by atoms with Crippen LogP contribution in [0.25, 0.3) is 0 Å². The molecule has 2 amide bonds. The van der Waals surface area contributed by atoms with Crippen molar-refractivity contribution in [3.63, 3.8) is 0 Å². The maximum absolute atomic E-state index is 13.1. The number of hydrogen-bond acceptors (Lipinski definition) is 4. The van der Waals surface area contributed by atoms with Gasteiger partial charge < -0.3 is 10.2 Å². The molecule has 2 aliphatic rings. The fourth-order valence-electron chi connectivity index (χ4n) is 4.12. The molecule has 7 nitrogen and oxygen atoms in total. The van der Waals surface area contributed by atoms with E-state index in [0.717, 1.165) is 12.8 Å². The van der Waals surface area contributed by atoms with Crippen molar-refractivity contribution in [2.45, 2.75) is 36.6 Å². The lowest BCUT2D eigenvalue weighted by Gasteiger charge is -2.24. The van der Waals surface area contributed by atoms with Crippen LogP contribution >= 0.6 is 11.6 Å². The molecular formula is C22H24ClN3O4S. The maximum atomic E-state index is 13.1. The van der Waals surface area contributed by atoms with Crippen LogP contribution in [0.3, 0.4) is 0 Å². The van der Waals surface area contributed by atoms with Crippen molar-refractivity contribution in [3.05, 3.63) is 59.1 Å². The van der Waals surface area contributed by atoms with Crippen LogP contribution in [-0.4, -0.2) is 55.1 Å². The second-order valence-corrected chi connectivity index (χ2v) is 10.1. The number of likely N-dealkylation sites (tertiary alicyclic amines) is 1. The number of anilines is 1. The summed E-state index contributed by atoms with van der Waals surface area (Å²) in [6, 6.07) is 11.9. The molecule has 0 bridgehead atoms. The third kappa shape index (κ3) is 4.46. The zero-order valence-corrected chi connectivity index (χ0v) is 18.5. The lowest BCUT2D eigenvalue weighted by Crippen LogP contribution is -2.43. The summed E-state index contributed by atoms with van der Waals surface area (Å²) in [4.78, 5) is 27.8. The molecule has 164 valence electrons. The highest BCUT2D eigenvalue weighted by molar-refractivity contribution is 7.89. The molecule has 31 heavy (non-hydrogen) atoms. The number of rotatable bonds is 5. The summed E-state index contributed by atoms with van der Waals surface area (Å²) < 4.78 is 27.4. The minimum atomic E-state index is -3.84. The number of nitrogens with one attached hydrogen (secondary N) is 1. The fourth-order valence-corrected chi connectivity index (χ4v) is 5.90. The smallest absolute Gasteiger partial charge is 0.255 e. The quantitative estimate of drug-likeness (QED) is 0.739. The van der Waals surface area contributed by atoms with E-state index < -0.39 is 22.0 Å². The van der Waals surface area contributed by atoms with E-state index in [0.29, 0.717) is 42.2 Å². The van der Waals surface area contributed by atoms with Crippen molar-refractivity contribution in [2.24, 2.45) is 0 Å². The Labute approximate surface area is 187 Å². The van der Waals surface area contributed by atoms with E-state index >= 15 is 0 Å². The van der Waals surface area contributed by atoms with Gasteiger partial charge in [-0.1, -0.05) is 23.7 Å². The van der Waals surface area contributed by atoms with Gasteiger partial charge in [0.05, 0.1) is 16.1 Å². The number of amides is 2. The van der Waals surface area contributed by atoms with Gasteiger partial charge in [-0.25, -0.2) is 8.42 Å². The molecule has 0 radical (unpaired) electrons. The number of halogens is 1. The molecule has 1 N–H and O–H groups in total. The molecule has 2 fully saturated rings. The van der Waals surface area contributed by atoms with Crippen molar-refractivity contribution in [1.29, 1.82) is 0 Å². The molecule has 4 rings (SSSR count). The Balaban J connectivity index is 1.55. The number of hydrogen-bond donors (Lipinski definition) is 1. The number of para-hydroxylation sites is 1. The van der Waals surface area contributed by atoms with Gasteiger partial charge in [0.25, 0.3) is 5.91 Å². The molecule has 0 spiro atoms. The topological polar surface area (TPSA) is 86.8 Å². The van der Waals surface area contributed by atoms with Gasteiger partial charge >= 0.3 is 0 Å². The summed E-state index contributed by atoms with van der Waals surface area (Å²) in [7, 11) is -3.84. The molecule has 2 aromatic carbocycles. The van der Waals surface area contributed by atoms with Crippen molar-refractivity contribution in [1.82, 2.24) is 9.21 Å². The largest absolute Gasteiger partial charge is 0.339 e. The van der Waals surface area contributed by atoms with Crippen LogP contribution in [0.15, 0.2) is 53.4 Å². The Bertz CT molecular complexity index is 1080. The zero-order chi connectivity index (χ0) is 22.0. The lowest BCUT2D eigenvalue weighted by molar-refractivity contribution is -0.119. The van der Waals surface area contributed by atoms with E-state index in [-0.39, 0.29) is 17.3 Å². The van der Waals surface area contributed by atoms with E-state index in [9.17, 15) is 18.0 Å². The van der Waals surface area contributed by atoms with Gasteiger partial charge in [0.1, 0.15) is 6.04 Å². The van der Waals surface area contributed by atoms with Crippen molar-refractivity contribution < 1.29 is 18.0 Å². The van der Waals surface area contributed by atoms with Gasteiger partial charge in [-0.15, -0.1) is 0 Å². The highest BCUT2D eigenvalue weighted by atomic mass is 35.5. The van der Waals surface area contributed by atoms with Crippen molar-refractivity contribution in [3.8, 4) is 0 Å². The fraction of sp³-hybridized carbons (Fsp3) is 0.364. The third-order valence-corrected chi connectivity index (χ3v) is 7.91. The normalized spacial score (nSPS) is 19.5. The molecule has 0 aromatic heterocycles. The van der Waals surface area contributed by atoms with Crippen LogP contribution in [0, 0.1) is 0 Å². The molecular weight excluding hydrogens is 438 g/mol. The molecule has 0 saturated carbocycles. The van der Waals surface area contributed by atoms with Crippen molar-refractivity contribution >= 4 is 39.1 Å². The van der Waals surface area contributed by atoms with Gasteiger partial charge in [0.15, 0.2) is 0 Å². The maximum Gasteiger partial charge on any atom is 0.255 e. The second kappa shape index (κ2) is 8.98. The first-order chi connectivity index (χ1) is 14.9. The first-order valence-electron chi connectivity index (χ1n) is 10.3. The number of nitrogens with zero attached hydrogens (tertiary/aromatic N) is 2. The van der Waals surface area contributed by atoms with E-state index in [1.165, 1.54) is 28.6 Å². The monoisotopic (exact) mass is 461 g/mol. The molecule has 2 aliphatic heterocycles. The molecule has 1 atom stereocenters. The molecule has 9 heteroatoms. The lowest BCUT2D eigenvalue weighted by atomic mass is 10.1. The van der Waals surface area contributed by atoms with Gasteiger partial charge in [-0.2, -0.15) is 4.31 Å². The van der Waals surface area contributed by atoms with Gasteiger partial charge in [0, 0.05) is 24.7 Å². The van der Waals surface area contributed by atoms with Crippen LogP contribution < -0.4 is 5.32 Å². The van der Waals surface area contributed by atoms with Crippen LogP contribution in [0.5, 0.6) is 0 Å². The predicted molar refractivity (Wildman–Crippen MR) is 119 cm³/mol. The first-order valence-corrected chi connectivity index (χ1v) is 12.2. The average Bonchev–Trinajstić information content (AvgIpc) is 3.46. The average molecular weight is 462 g/mol. The number of benzene rings is 2. The minimum Gasteiger partial charge on any atom is -0.339 e. The Morgan fingerprint density at radius 2 is 1.61 bits per heavy atom. The molecule has 2 aromatic rings. The van der Waals surface area contributed by atoms with E-state index in [1.54, 1.807) is 29.2 Å². The molecule has 2 saturated heterocycles. The zero-order valence-electron chi connectivity index (χ0n) is 17.0. The SMILES string of the molecule is O=C(Nc1ccccc1C(=O)N1CCCC1)[C@@H]1CCCN1S(=O)(=O)c1ccc(Cl)cc1. The number of carbonyl (C=O) groups is 2. The summed E-state index contributed by atoms with van der Waals surface area (Å²) in [5.74, 6) is -0.554. The summed E-state index contributed by atoms with van der Waals surface area (Å²) in [5, 5.41) is 3.24. The standard InChI is InChI=1S/C22H24ClN3O4S/c23-16-9-11-17(12-10-16)31(29,30)26-15-5-8-20(26)21(27)24-19-7-2-1-6-18(19)22(28)25-13-3-4-14-25/h1-2,6-7,9-12,20H,3-5,8,13-15H2,(H,24,27)/t20-/m0/s1. The summed E-state index contributed by atoms with van der Waals surface area (Å²) >= 11 is 5.87. The van der Waals surface area contributed by atoms with E-state index in [1.807, 2.05) is 0 Å². The van der Waals surface area contributed by atoms with Crippen LogP contribution in [0.4, 0.5) is 5.69 Å². The van der Waals surface area contributed by atoms with Crippen molar-refractivity contribution in [2.75, 3.05) is 25.0 Å². The second-order valence-electron chi connectivity index (χ2n) is 7.76. The minimum absolute atomic E-state index is 0.0983. The number of carbonyl (C=O) groups excluding carboxylic acids is 2. The Kier molecular flexibility index (Phi) is 6.31. The van der Waals surface area contributed by atoms with Crippen LogP contribution in [0.1, 0.15) is 36.0 Å². The molecule has 0 aliphatic carbocycles. The third-order valence-electron chi connectivity index (χ3n) is 5.74. The van der Waals surface area contributed by atoms with E-state index in [4.69, 9.17) is 11.6 Å². The molecule has 0 unspecified atom stereocenters. The summed E-state index contributed by atoms with van der Waals surface area (Å²) in [5.41, 5.74) is 0.822. The molecule has 2 heterocycles. The van der Waals surface area contributed by atoms with Gasteiger partial charge in [-0.3, -0.25) is 9.59 Å². The highest BCUT2D eigenvalue weighted by Crippen LogP contribution is 2.28. The first kappa shape index (κ1) is 21.8. The summed E-state index contributed by atoms with van der Waals surface area (Å²) in [6.45, 7) is 1.67. The summed E-state index contributed by atoms with van der Waals surface area (Å²) in [6.07, 6.45) is 2.94. The Morgan fingerprint density at radius 3 is 2.32 bits per heavy atom. The predicted octanol–water partition coefficient (Wildman–Crippen LogP) is 3.37. The Morgan fingerprint density at radius 1 is 0.935 bits per heavy atom. The van der Waals surface area contributed by atoms with Crippen LogP contribution in [-0.2, 0) is 14.8 Å². The van der Waals surface area contributed by atoms with Gasteiger partial charge in [0.2, 0.25) is 15.9 Å². The van der Waals surface area contributed by atoms with Crippen LogP contribution in [0.2, 0.25) is 5.02 Å².